The predicted molar refractivity (Wildman–Crippen MR) is 126 cm³/mol. The van der Waals surface area contributed by atoms with Gasteiger partial charge in [-0.2, -0.15) is 0 Å². The molecule has 32 heavy (non-hydrogen) atoms. The van der Waals surface area contributed by atoms with E-state index >= 15 is 0 Å². The number of anilines is 1. The number of nitrogens with one attached hydrogen (secondary N) is 2. The minimum atomic E-state index is -0.546. The van der Waals surface area contributed by atoms with Crippen LogP contribution in [0.15, 0.2) is 41.9 Å². The van der Waals surface area contributed by atoms with Gasteiger partial charge in [-0.3, -0.25) is 14.4 Å². The van der Waals surface area contributed by atoms with E-state index in [0.29, 0.717) is 18.1 Å². The second-order valence-electron chi connectivity index (χ2n) is 8.19. The zero-order chi connectivity index (χ0) is 22.8. The van der Waals surface area contributed by atoms with Crippen LogP contribution in [0.25, 0.3) is 0 Å². The van der Waals surface area contributed by atoms with Crippen LogP contribution < -0.4 is 10.6 Å². The summed E-state index contributed by atoms with van der Waals surface area (Å²) in [6.45, 7) is 2.36. The molecule has 2 aromatic rings. The first-order chi connectivity index (χ1) is 15.6. The maximum absolute atomic E-state index is 13.3. The predicted octanol–water partition coefficient (Wildman–Crippen LogP) is 4.12. The summed E-state index contributed by atoms with van der Waals surface area (Å²) in [7, 11) is 0. The highest BCUT2D eigenvalue weighted by molar-refractivity contribution is 7.13. The Kier molecular flexibility index (Phi) is 9.22. The number of carbonyl (C=O) groups is 3. The van der Waals surface area contributed by atoms with Crippen molar-refractivity contribution >= 4 is 34.2 Å². The summed E-state index contributed by atoms with van der Waals surface area (Å²) >= 11 is 1.33. The van der Waals surface area contributed by atoms with E-state index < -0.39 is 6.04 Å². The van der Waals surface area contributed by atoms with E-state index in [2.05, 4.69) is 15.6 Å². The lowest BCUT2D eigenvalue weighted by Gasteiger charge is -2.32. The van der Waals surface area contributed by atoms with Crippen LogP contribution in [0.1, 0.15) is 63.9 Å². The topological polar surface area (TPSA) is 91.4 Å². The van der Waals surface area contributed by atoms with Gasteiger partial charge in [0, 0.05) is 37.0 Å². The molecular formula is C24H32N4O3S. The minimum Gasteiger partial charge on any atom is -0.352 e. The molecule has 2 N–H and O–H groups in total. The summed E-state index contributed by atoms with van der Waals surface area (Å²) in [5, 5.41) is 8.17. The lowest BCUT2D eigenvalue weighted by molar-refractivity contribution is -0.142. The average Bonchev–Trinajstić information content (AvgIpc) is 3.49. The fourth-order valence-electron chi connectivity index (χ4n) is 4.05. The van der Waals surface area contributed by atoms with E-state index in [-0.39, 0.29) is 36.6 Å². The van der Waals surface area contributed by atoms with E-state index in [9.17, 15) is 14.4 Å². The first kappa shape index (κ1) is 23.9. The van der Waals surface area contributed by atoms with Crippen molar-refractivity contribution in [3.8, 4) is 0 Å². The molecule has 1 aliphatic carbocycles. The summed E-state index contributed by atoms with van der Waals surface area (Å²) in [6.07, 6.45) is 7.32. The van der Waals surface area contributed by atoms with Gasteiger partial charge in [0.1, 0.15) is 6.04 Å². The molecule has 1 saturated carbocycles. The molecule has 0 saturated heterocycles. The molecule has 1 aromatic heterocycles. The molecule has 1 atom stereocenters. The van der Waals surface area contributed by atoms with Crippen molar-refractivity contribution in [3.05, 3.63) is 47.5 Å². The smallest absolute Gasteiger partial charge is 0.243 e. The van der Waals surface area contributed by atoms with Gasteiger partial charge in [0.25, 0.3) is 0 Å². The van der Waals surface area contributed by atoms with Crippen molar-refractivity contribution in [1.29, 1.82) is 0 Å². The fraction of sp³-hybridized carbons (Fsp3) is 0.500. The van der Waals surface area contributed by atoms with Crippen LogP contribution in [0.4, 0.5) is 5.13 Å². The number of benzene rings is 1. The van der Waals surface area contributed by atoms with E-state index in [1.807, 2.05) is 37.3 Å². The normalized spacial score (nSPS) is 14.7. The maximum atomic E-state index is 13.3. The summed E-state index contributed by atoms with van der Waals surface area (Å²) in [6, 6.07) is 9.32. The van der Waals surface area contributed by atoms with Gasteiger partial charge in [-0.1, -0.05) is 56.5 Å². The molecule has 0 unspecified atom stereocenters. The van der Waals surface area contributed by atoms with Gasteiger partial charge < -0.3 is 15.5 Å². The highest BCUT2D eigenvalue weighted by Gasteiger charge is 2.31. The second kappa shape index (κ2) is 12.3. The molecule has 0 radical (unpaired) electrons. The third-order valence-corrected chi connectivity index (χ3v) is 6.39. The third kappa shape index (κ3) is 7.15. The zero-order valence-electron chi connectivity index (χ0n) is 18.6. The van der Waals surface area contributed by atoms with Crippen LogP contribution in [0, 0.1) is 0 Å². The number of rotatable bonds is 11. The second-order valence-corrected chi connectivity index (χ2v) is 9.08. The molecule has 0 bridgehead atoms. The molecule has 7 nitrogen and oxygen atoms in total. The molecule has 172 valence electrons. The van der Waals surface area contributed by atoms with Crippen molar-refractivity contribution in [2.75, 3.05) is 5.32 Å². The number of carbonyl (C=O) groups excluding carboxylic acids is 3. The highest BCUT2D eigenvalue weighted by Crippen LogP contribution is 2.20. The number of amides is 3. The molecule has 1 fully saturated rings. The van der Waals surface area contributed by atoms with Crippen LogP contribution in [0.5, 0.6) is 0 Å². The number of hydrogen-bond acceptors (Lipinski definition) is 5. The average molecular weight is 457 g/mol. The lowest BCUT2D eigenvalue weighted by Crippen LogP contribution is -2.51. The van der Waals surface area contributed by atoms with Gasteiger partial charge in [0.15, 0.2) is 5.13 Å². The van der Waals surface area contributed by atoms with E-state index in [0.717, 1.165) is 37.7 Å². The molecule has 1 aliphatic rings. The van der Waals surface area contributed by atoms with Gasteiger partial charge >= 0.3 is 0 Å². The molecule has 8 heteroatoms. The monoisotopic (exact) mass is 456 g/mol. The van der Waals surface area contributed by atoms with Gasteiger partial charge in [0.05, 0.1) is 0 Å². The highest BCUT2D eigenvalue weighted by atomic mass is 32.1. The molecule has 0 aliphatic heterocycles. The first-order valence-corrected chi connectivity index (χ1v) is 12.3. The molecule has 0 spiro atoms. The zero-order valence-corrected chi connectivity index (χ0v) is 19.4. The standard InChI is InChI=1S/C24H32N4O3S/c1-2-8-20(23(31)26-19-11-6-7-12-19)28(17-18-9-4-3-5-10-18)22(30)14-13-21(29)27-24-25-15-16-32-24/h3-5,9-10,15-16,19-20H,2,6-8,11-14,17H2,1H3,(H,26,31)(H,25,27,29)/t20-/m1/s1. The molecule has 1 aromatic carbocycles. The SMILES string of the molecule is CCC[C@H](C(=O)NC1CCCC1)N(Cc1ccccc1)C(=O)CCC(=O)Nc1nccs1. The third-order valence-electron chi connectivity index (χ3n) is 5.70. The van der Waals surface area contributed by atoms with Crippen LogP contribution in [-0.4, -0.2) is 39.7 Å². The summed E-state index contributed by atoms with van der Waals surface area (Å²) in [5.74, 6) is -0.533. The Bertz CT molecular complexity index is 867. The van der Waals surface area contributed by atoms with Crippen molar-refractivity contribution in [1.82, 2.24) is 15.2 Å². The van der Waals surface area contributed by atoms with Crippen molar-refractivity contribution in [3.63, 3.8) is 0 Å². The van der Waals surface area contributed by atoms with Crippen molar-refractivity contribution in [2.24, 2.45) is 0 Å². The number of nitrogens with zero attached hydrogens (tertiary/aromatic N) is 2. The molecule has 3 rings (SSSR count). The molecule has 3 amide bonds. The Morgan fingerprint density at radius 2 is 1.91 bits per heavy atom. The molecule has 1 heterocycles. The summed E-state index contributed by atoms with van der Waals surface area (Å²) < 4.78 is 0. The van der Waals surface area contributed by atoms with Crippen LogP contribution in [0.2, 0.25) is 0 Å². The van der Waals surface area contributed by atoms with E-state index in [1.54, 1.807) is 16.5 Å². The number of hydrogen-bond donors (Lipinski definition) is 2. The Balaban J connectivity index is 1.70. The Labute approximate surface area is 193 Å². The quantitative estimate of drug-likeness (QED) is 0.532. The summed E-state index contributed by atoms with van der Waals surface area (Å²) in [5.41, 5.74) is 0.961. The minimum absolute atomic E-state index is 0.0426. The fourth-order valence-corrected chi connectivity index (χ4v) is 4.60. The largest absolute Gasteiger partial charge is 0.352 e. The Hall–Kier alpha value is -2.74. The first-order valence-electron chi connectivity index (χ1n) is 11.4. The van der Waals surface area contributed by atoms with E-state index in [4.69, 9.17) is 0 Å². The number of thiazole rings is 1. The van der Waals surface area contributed by atoms with Crippen molar-refractivity contribution < 1.29 is 14.4 Å². The van der Waals surface area contributed by atoms with Crippen LogP contribution in [-0.2, 0) is 20.9 Å². The van der Waals surface area contributed by atoms with Gasteiger partial charge in [-0.15, -0.1) is 11.3 Å². The Morgan fingerprint density at radius 1 is 1.16 bits per heavy atom. The van der Waals surface area contributed by atoms with Crippen LogP contribution in [0.3, 0.4) is 0 Å². The van der Waals surface area contributed by atoms with E-state index in [1.165, 1.54) is 11.3 Å². The van der Waals surface area contributed by atoms with Crippen molar-refractivity contribution in [2.45, 2.75) is 76.9 Å². The molecular weight excluding hydrogens is 424 g/mol. The Morgan fingerprint density at radius 3 is 2.56 bits per heavy atom. The maximum Gasteiger partial charge on any atom is 0.243 e. The lowest BCUT2D eigenvalue weighted by atomic mass is 10.1. The van der Waals surface area contributed by atoms with Gasteiger partial charge in [0.2, 0.25) is 17.7 Å². The summed E-state index contributed by atoms with van der Waals surface area (Å²) in [4.78, 5) is 44.4. The van der Waals surface area contributed by atoms with Gasteiger partial charge in [-0.25, -0.2) is 4.98 Å². The van der Waals surface area contributed by atoms with Gasteiger partial charge in [-0.05, 0) is 24.8 Å². The number of aromatic nitrogens is 1. The van der Waals surface area contributed by atoms with Crippen LogP contribution >= 0.6 is 11.3 Å².